The van der Waals surface area contributed by atoms with Crippen molar-refractivity contribution >= 4 is 11.5 Å². The SMILES string of the molecule is CCN(CC1CCCO1)c1nc(C)ccc1N. The molecule has 2 heterocycles. The molecule has 1 aromatic rings. The number of anilines is 2. The van der Waals surface area contributed by atoms with Crippen molar-refractivity contribution in [2.24, 2.45) is 0 Å². The summed E-state index contributed by atoms with van der Waals surface area (Å²) in [6.07, 6.45) is 2.64. The van der Waals surface area contributed by atoms with Gasteiger partial charge in [0.15, 0.2) is 5.82 Å². The van der Waals surface area contributed by atoms with Crippen LogP contribution in [0.3, 0.4) is 0 Å². The minimum Gasteiger partial charge on any atom is -0.396 e. The van der Waals surface area contributed by atoms with Crippen LogP contribution in [0.25, 0.3) is 0 Å². The highest BCUT2D eigenvalue weighted by Gasteiger charge is 2.20. The molecule has 1 unspecified atom stereocenters. The first-order chi connectivity index (χ1) is 8.20. The lowest BCUT2D eigenvalue weighted by Gasteiger charge is -2.26. The van der Waals surface area contributed by atoms with E-state index in [2.05, 4.69) is 16.8 Å². The zero-order chi connectivity index (χ0) is 12.3. The van der Waals surface area contributed by atoms with Crippen LogP contribution < -0.4 is 10.6 Å². The molecule has 1 aliphatic heterocycles. The van der Waals surface area contributed by atoms with Gasteiger partial charge in [-0.2, -0.15) is 0 Å². The molecule has 0 bridgehead atoms. The van der Waals surface area contributed by atoms with Gasteiger partial charge in [0.2, 0.25) is 0 Å². The summed E-state index contributed by atoms with van der Waals surface area (Å²) in [5.41, 5.74) is 7.74. The minimum absolute atomic E-state index is 0.330. The number of rotatable bonds is 4. The molecule has 1 aliphatic rings. The van der Waals surface area contributed by atoms with E-state index in [1.54, 1.807) is 0 Å². The molecule has 0 saturated carbocycles. The number of nitrogens with zero attached hydrogens (tertiary/aromatic N) is 2. The van der Waals surface area contributed by atoms with E-state index in [-0.39, 0.29) is 0 Å². The Balaban J connectivity index is 2.13. The topological polar surface area (TPSA) is 51.4 Å². The molecule has 0 spiro atoms. The Labute approximate surface area is 103 Å². The maximum absolute atomic E-state index is 6.00. The zero-order valence-corrected chi connectivity index (χ0v) is 10.6. The van der Waals surface area contributed by atoms with E-state index in [9.17, 15) is 0 Å². The summed E-state index contributed by atoms with van der Waals surface area (Å²) in [7, 11) is 0. The Morgan fingerprint density at radius 3 is 3.00 bits per heavy atom. The molecule has 0 aromatic carbocycles. The molecule has 1 aromatic heterocycles. The average Bonchev–Trinajstić information content (AvgIpc) is 2.82. The smallest absolute Gasteiger partial charge is 0.152 e. The quantitative estimate of drug-likeness (QED) is 0.867. The summed E-state index contributed by atoms with van der Waals surface area (Å²) in [4.78, 5) is 6.74. The second-order valence-corrected chi connectivity index (χ2v) is 4.54. The molecule has 1 fully saturated rings. The normalized spacial score (nSPS) is 19.5. The van der Waals surface area contributed by atoms with Gasteiger partial charge in [-0.3, -0.25) is 0 Å². The number of ether oxygens (including phenoxy) is 1. The van der Waals surface area contributed by atoms with Gasteiger partial charge in [0, 0.05) is 25.4 Å². The standard InChI is InChI=1S/C13H21N3O/c1-3-16(9-11-5-4-8-17-11)13-12(14)7-6-10(2)15-13/h6-7,11H,3-5,8-9,14H2,1-2H3. The minimum atomic E-state index is 0.330. The number of hydrogen-bond acceptors (Lipinski definition) is 4. The van der Waals surface area contributed by atoms with Crippen molar-refractivity contribution in [1.82, 2.24) is 4.98 Å². The third-order valence-electron chi connectivity index (χ3n) is 3.17. The lowest BCUT2D eigenvalue weighted by Crippen LogP contribution is -2.33. The molecule has 1 atom stereocenters. The molecule has 17 heavy (non-hydrogen) atoms. The third kappa shape index (κ3) is 2.88. The molecule has 4 nitrogen and oxygen atoms in total. The summed E-state index contributed by atoms with van der Waals surface area (Å²) >= 11 is 0. The summed E-state index contributed by atoms with van der Waals surface area (Å²) in [6.45, 7) is 6.79. The molecule has 2 N–H and O–H groups in total. The van der Waals surface area contributed by atoms with Gasteiger partial charge < -0.3 is 15.4 Å². The van der Waals surface area contributed by atoms with Gasteiger partial charge in [-0.1, -0.05) is 0 Å². The Morgan fingerprint density at radius 2 is 2.35 bits per heavy atom. The van der Waals surface area contributed by atoms with Crippen LogP contribution in [0.1, 0.15) is 25.5 Å². The van der Waals surface area contributed by atoms with E-state index in [0.29, 0.717) is 6.10 Å². The number of aryl methyl sites for hydroxylation is 1. The van der Waals surface area contributed by atoms with Gasteiger partial charge in [0.25, 0.3) is 0 Å². The van der Waals surface area contributed by atoms with Crippen molar-refractivity contribution in [2.45, 2.75) is 32.8 Å². The molecule has 0 radical (unpaired) electrons. The van der Waals surface area contributed by atoms with Gasteiger partial charge in [-0.15, -0.1) is 0 Å². The highest BCUT2D eigenvalue weighted by atomic mass is 16.5. The molecule has 94 valence electrons. The molecule has 2 rings (SSSR count). The second-order valence-electron chi connectivity index (χ2n) is 4.54. The Kier molecular flexibility index (Phi) is 3.84. The van der Waals surface area contributed by atoms with E-state index in [0.717, 1.165) is 43.3 Å². The van der Waals surface area contributed by atoms with E-state index in [4.69, 9.17) is 10.5 Å². The monoisotopic (exact) mass is 235 g/mol. The Bertz CT molecular complexity index is 375. The van der Waals surface area contributed by atoms with Crippen molar-refractivity contribution < 1.29 is 4.74 Å². The highest BCUT2D eigenvalue weighted by Crippen LogP contribution is 2.23. The fourth-order valence-electron chi connectivity index (χ4n) is 2.21. The van der Waals surface area contributed by atoms with Gasteiger partial charge in [-0.05, 0) is 38.8 Å². The molecular weight excluding hydrogens is 214 g/mol. The average molecular weight is 235 g/mol. The second kappa shape index (κ2) is 5.36. The molecule has 1 saturated heterocycles. The van der Waals surface area contributed by atoms with Crippen molar-refractivity contribution in [1.29, 1.82) is 0 Å². The highest BCUT2D eigenvalue weighted by molar-refractivity contribution is 5.62. The molecule has 0 aliphatic carbocycles. The van der Waals surface area contributed by atoms with Crippen LogP contribution in [-0.4, -0.2) is 30.8 Å². The first-order valence-corrected chi connectivity index (χ1v) is 6.30. The van der Waals surface area contributed by atoms with Crippen molar-refractivity contribution in [3.8, 4) is 0 Å². The maximum atomic E-state index is 6.00. The first kappa shape index (κ1) is 12.2. The fraction of sp³-hybridized carbons (Fsp3) is 0.615. The summed E-state index contributed by atoms with van der Waals surface area (Å²) in [5.74, 6) is 0.892. The van der Waals surface area contributed by atoms with Crippen molar-refractivity contribution in [3.63, 3.8) is 0 Å². The van der Waals surface area contributed by atoms with Crippen LogP contribution in [0.4, 0.5) is 11.5 Å². The van der Waals surface area contributed by atoms with Gasteiger partial charge in [0.1, 0.15) is 0 Å². The lowest BCUT2D eigenvalue weighted by molar-refractivity contribution is 0.115. The number of nitrogens with two attached hydrogens (primary N) is 1. The number of hydrogen-bond donors (Lipinski definition) is 1. The fourth-order valence-corrected chi connectivity index (χ4v) is 2.21. The zero-order valence-electron chi connectivity index (χ0n) is 10.6. The number of pyridine rings is 1. The van der Waals surface area contributed by atoms with Crippen molar-refractivity contribution in [3.05, 3.63) is 17.8 Å². The van der Waals surface area contributed by atoms with Gasteiger partial charge in [-0.25, -0.2) is 4.98 Å². The molecule has 4 heteroatoms. The van der Waals surface area contributed by atoms with E-state index in [1.807, 2.05) is 19.1 Å². The Hall–Kier alpha value is -1.29. The van der Waals surface area contributed by atoms with Crippen LogP contribution in [0, 0.1) is 6.92 Å². The van der Waals surface area contributed by atoms with Gasteiger partial charge >= 0.3 is 0 Å². The Morgan fingerprint density at radius 1 is 1.53 bits per heavy atom. The van der Waals surface area contributed by atoms with E-state index >= 15 is 0 Å². The van der Waals surface area contributed by atoms with Crippen LogP contribution in [0.15, 0.2) is 12.1 Å². The predicted molar refractivity (Wildman–Crippen MR) is 70.2 cm³/mol. The van der Waals surface area contributed by atoms with Crippen molar-refractivity contribution in [2.75, 3.05) is 30.3 Å². The number of aromatic nitrogens is 1. The predicted octanol–water partition coefficient (Wildman–Crippen LogP) is 1.98. The van der Waals surface area contributed by atoms with Crippen LogP contribution in [-0.2, 0) is 4.74 Å². The first-order valence-electron chi connectivity index (χ1n) is 6.30. The summed E-state index contributed by atoms with van der Waals surface area (Å²) < 4.78 is 5.67. The lowest BCUT2D eigenvalue weighted by atomic mass is 10.2. The largest absolute Gasteiger partial charge is 0.396 e. The molecule has 0 amide bonds. The number of likely N-dealkylation sites (N-methyl/N-ethyl adjacent to an activating group) is 1. The van der Waals surface area contributed by atoms with Crippen LogP contribution in [0.5, 0.6) is 0 Å². The summed E-state index contributed by atoms with van der Waals surface area (Å²) in [6, 6.07) is 3.87. The van der Waals surface area contributed by atoms with Crippen LogP contribution >= 0.6 is 0 Å². The van der Waals surface area contributed by atoms with Crippen LogP contribution in [0.2, 0.25) is 0 Å². The summed E-state index contributed by atoms with van der Waals surface area (Å²) in [5, 5.41) is 0. The maximum Gasteiger partial charge on any atom is 0.152 e. The molecular formula is C13H21N3O. The van der Waals surface area contributed by atoms with Gasteiger partial charge in [0.05, 0.1) is 11.8 Å². The van der Waals surface area contributed by atoms with E-state index < -0.39 is 0 Å². The number of nitrogen functional groups attached to an aromatic ring is 1. The van der Waals surface area contributed by atoms with E-state index in [1.165, 1.54) is 6.42 Å². The third-order valence-corrected chi connectivity index (χ3v) is 3.17.